The molecule has 2 rings (SSSR count). The summed E-state index contributed by atoms with van der Waals surface area (Å²) in [6, 6.07) is 0.276. The van der Waals surface area contributed by atoms with Gasteiger partial charge in [0, 0.05) is 24.7 Å². The van der Waals surface area contributed by atoms with E-state index in [9.17, 15) is 5.11 Å². The Balaban J connectivity index is 1.72. The zero-order valence-electron chi connectivity index (χ0n) is 11.0. The van der Waals surface area contributed by atoms with Crippen molar-refractivity contribution < 1.29 is 5.11 Å². The van der Waals surface area contributed by atoms with Crippen LogP contribution in [0.15, 0.2) is 11.6 Å². The summed E-state index contributed by atoms with van der Waals surface area (Å²) < 4.78 is 0. The molecule has 2 heterocycles. The molecule has 1 aromatic rings. The summed E-state index contributed by atoms with van der Waals surface area (Å²) in [6.07, 6.45) is 5.11. The van der Waals surface area contributed by atoms with E-state index in [0.29, 0.717) is 6.54 Å². The highest BCUT2D eigenvalue weighted by molar-refractivity contribution is 7.09. The fourth-order valence-electron chi connectivity index (χ4n) is 2.42. The summed E-state index contributed by atoms with van der Waals surface area (Å²) in [5.41, 5.74) is 0. The Morgan fingerprint density at radius 2 is 2.28 bits per heavy atom. The average Bonchev–Trinajstić information content (AvgIpc) is 3.02. The van der Waals surface area contributed by atoms with Gasteiger partial charge in [-0.3, -0.25) is 0 Å². The smallest absolute Gasteiger partial charge is 0.109 e. The molecule has 0 bridgehead atoms. The first-order valence-electron chi connectivity index (χ1n) is 6.82. The van der Waals surface area contributed by atoms with Gasteiger partial charge in [-0.2, -0.15) is 0 Å². The van der Waals surface area contributed by atoms with Crippen LogP contribution in [0.3, 0.4) is 0 Å². The van der Waals surface area contributed by atoms with Crippen molar-refractivity contribution in [2.75, 3.05) is 26.2 Å². The molecule has 0 aliphatic carbocycles. The third kappa shape index (κ3) is 4.02. The Kier molecular flexibility index (Phi) is 5.56. The standard InChI is InChI=1S/C13H23N3OS/c1-2-12(13-14-5-8-18-13)15-9-11(17)10-16-6-3-4-7-16/h5,8,11-12,15,17H,2-4,6-7,9-10H2,1H3. The van der Waals surface area contributed by atoms with Crippen molar-refractivity contribution in [3.05, 3.63) is 16.6 Å². The summed E-state index contributed by atoms with van der Waals surface area (Å²) in [5, 5.41) is 16.6. The third-order valence-corrected chi connectivity index (χ3v) is 4.31. The van der Waals surface area contributed by atoms with E-state index >= 15 is 0 Å². The first kappa shape index (κ1) is 13.9. The molecule has 5 heteroatoms. The SMILES string of the molecule is CCC(NCC(O)CN1CCCC1)c1nccs1. The van der Waals surface area contributed by atoms with E-state index in [1.165, 1.54) is 12.8 Å². The van der Waals surface area contributed by atoms with Crippen LogP contribution in [0.4, 0.5) is 0 Å². The van der Waals surface area contributed by atoms with Crippen LogP contribution in [0.2, 0.25) is 0 Å². The molecule has 1 aliphatic heterocycles. The summed E-state index contributed by atoms with van der Waals surface area (Å²) >= 11 is 1.67. The molecule has 0 amide bonds. The number of hydrogen-bond donors (Lipinski definition) is 2. The van der Waals surface area contributed by atoms with Crippen molar-refractivity contribution in [2.24, 2.45) is 0 Å². The van der Waals surface area contributed by atoms with E-state index < -0.39 is 0 Å². The molecule has 2 atom stereocenters. The Morgan fingerprint density at radius 3 is 2.89 bits per heavy atom. The van der Waals surface area contributed by atoms with Crippen molar-refractivity contribution in [1.82, 2.24) is 15.2 Å². The zero-order valence-corrected chi connectivity index (χ0v) is 11.8. The molecule has 1 aromatic heterocycles. The molecule has 1 saturated heterocycles. The third-order valence-electron chi connectivity index (χ3n) is 3.43. The Bertz CT molecular complexity index is 325. The second kappa shape index (κ2) is 7.19. The molecular weight excluding hydrogens is 246 g/mol. The molecule has 0 spiro atoms. The number of thiazole rings is 1. The summed E-state index contributed by atoms with van der Waals surface area (Å²) in [7, 11) is 0. The van der Waals surface area contributed by atoms with Crippen LogP contribution in [0.25, 0.3) is 0 Å². The molecule has 2 unspecified atom stereocenters. The lowest BCUT2D eigenvalue weighted by Crippen LogP contribution is -2.38. The van der Waals surface area contributed by atoms with Crippen LogP contribution < -0.4 is 5.32 Å². The molecule has 2 N–H and O–H groups in total. The number of nitrogens with one attached hydrogen (secondary N) is 1. The van der Waals surface area contributed by atoms with Crippen molar-refractivity contribution in [3.63, 3.8) is 0 Å². The fourth-order valence-corrected chi connectivity index (χ4v) is 3.22. The fraction of sp³-hybridized carbons (Fsp3) is 0.769. The van der Waals surface area contributed by atoms with Gasteiger partial charge in [-0.15, -0.1) is 11.3 Å². The van der Waals surface area contributed by atoms with Gasteiger partial charge in [0.2, 0.25) is 0 Å². The lowest BCUT2D eigenvalue weighted by Gasteiger charge is -2.22. The van der Waals surface area contributed by atoms with Crippen LogP contribution in [0, 0.1) is 0 Å². The minimum atomic E-state index is -0.280. The number of nitrogens with zero attached hydrogens (tertiary/aromatic N) is 2. The highest BCUT2D eigenvalue weighted by Crippen LogP contribution is 2.18. The molecule has 1 aliphatic rings. The van der Waals surface area contributed by atoms with Crippen molar-refractivity contribution in [1.29, 1.82) is 0 Å². The minimum Gasteiger partial charge on any atom is -0.390 e. The number of aromatic nitrogens is 1. The highest BCUT2D eigenvalue weighted by Gasteiger charge is 2.17. The van der Waals surface area contributed by atoms with Crippen LogP contribution in [-0.2, 0) is 0 Å². The van der Waals surface area contributed by atoms with Gasteiger partial charge < -0.3 is 15.3 Å². The number of hydrogen-bond acceptors (Lipinski definition) is 5. The lowest BCUT2D eigenvalue weighted by atomic mass is 10.2. The maximum Gasteiger partial charge on any atom is 0.109 e. The van der Waals surface area contributed by atoms with Gasteiger partial charge in [0.25, 0.3) is 0 Å². The molecule has 18 heavy (non-hydrogen) atoms. The van der Waals surface area contributed by atoms with Gasteiger partial charge in [-0.1, -0.05) is 6.92 Å². The van der Waals surface area contributed by atoms with E-state index in [1.54, 1.807) is 11.3 Å². The summed E-state index contributed by atoms with van der Waals surface area (Å²) in [4.78, 5) is 6.68. The van der Waals surface area contributed by atoms with Crippen molar-refractivity contribution in [3.8, 4) is 0 Å². The molecule has 102 valence electrons. The second-order valence-corrected chi connectivity index (χ2v) is 5.83. The first-order chi connectivity index (χ1) is 8.79. The number of β-amino-alcohol motifs (C(OH)–C–C–N with tert-alkyl or cyclic N) is 1. The van der Waals surface area contributed by atoms with Crippen LogP contribution >= 0.6 is 11.3 Å². The quantitative estimate of drug-likeness (QED) is 0.790. The largest absolute Gasteiger partial charge is 0.390 e. The van der Waals surface area contributed by atoms with Crippen molar-refractivity contribution in [2.45, 2.75) is 38.3 Å². The second-order valence-electron chi connectivity index (χ2n) is 4.90. The first-order valence-corrected chi connectivity index (χ1v) is 7.70. The van der Waals surface area contributed by atoms with E-state index in [4.69, 9.17) is 0 Å². The van der Waals surface area contributed by atoms with Gasteiger partial charge in [0.15, 0.2) is 0 Å². The predicted molar refractivity (Wildman–Crippen MR) is 74.8 cm³/mol. The van der Waals surface area contributed by atoms with Gasteiger partial charge >= 0.3 is 0 Å². The topological polar surface area (TPSA) is 48.4 Å². The molecule has 1 fully saturated rings. The molecular formula is C13H23N3OS. The van der Waals surface area contributed by atoms with Gasteiger partial charge in [0.05, 0.1) is 12.1 Å². The van der Waals surface area contributed by atoms with Gasteiger partial charge in [-0.05, 0) is 32.4 Å². The number of aliphatic hydroxyl groups is 1. The van der Waals surface area contributed by atoms with Crippen LogP contribution in [-0.4, -0.2) is 47.3 Å². The highest BCUT2D eigenvalue weighted by atomic mass is 32.1. The van der Waals surface area contributed by atoms with E-state index in [-0.39, 0.29) is 12.1 Å². The van der Waals surface area contributed by atoms with Gasteiger partial charge in [-0.25, -0.2) is 4.98 Å². The van der Waals surface area contributed by atoms with E-state index in [1.807, 2.05) is 11.6 Å². The van der Waals surface area contributed by atoms with Crippen LogP contribution in [0.5, 0.6) is 0 Å². The Labute approximate surface area is 113 Å². The maximum absolute atomic E-state index is 10.0. The number of rotatable bonds is 7. The molecule has 0 saturated carbocycles. The predicted octanol–water partition coefficient (Wildman–Crippen LogP) is 1.64. The minimum absolute atomic E-state index is 0.276. The number of likely N-dealkylation sites (tertiary alicyclic amines) is 1. The van der Waals surface area contributed by atoms with E-state index in [0.717, 1.165) is 31.1 Å². The maximum atomic E-state index is 10.0. The van der Waals surface area contributed by atoms with Crippen LogP contribution in [0.1, 0.15) is 37.2 Å². The normalized spacial score (nSPS) is 20.1. The Hall–Kier alpha value is -0.490. The van der Waals surface area contributed by atoms with Crippen molar-refractivity contribution >= 4 is 11.3 Å². The zero-order chi connectivity index (χ0) is 12.8. The molecule has 0 radical (unpaired) electrons. The Morgan fingerprint density at radius 1 is 1.50 bits per heavy atom. The lowest BCUT2D eigenvalue weighted by molar-refractivity contribution is 0.120. The molecule has 0 aromatic carbocycles. The van der Waals surface area contributed by atoms with Gasteiger partial charge in [0.1, 0.15) is 5.01 Å². The average molecular weight is 269 g/mol. The molecule has 4 nitrogen and oxygen atoms in total. The summed E-state index contributed by atoms with van der Waals surface area (Å²) in [6.45, 7) is 5.86. The monoisotopic (exact) mass is 269 g/mol. The number of aliphatic hydroxyl groups excluding tert-OH is 1. The van der Waals surface area contributed by atoms with E-state index in [2.05, 4.69) is 22.1 Å². The summed E-state index contributed by atoms with van der Waals surface area (Å²) in [5.74, 6) is 0.